The molecule has 0 radical (unpaired) electrons. The highest BCUT2D eigenvalue weighted by Crippen LogP contribution is 2.61. The number of carbonyl (C=O) groups is 1. The predicted octanol–water partition coefficient (Wildman–Crippen LogP) is 2.75. The third kappa shape index (κ3) is 2.56. The van der Waals surface area contributed by atoms with Crippen molar-refractivity contribution in [3.8, 4) is 0 Å². The fourth-order valence-electron chi connectivity index (χ4n) is 3.34. The zero-order valence-corrected chi connectivity index (χ0v) is 13.5. The molecule has 1 fully saturated rings. The summed E-state index contributed by atoms with van der Waals surface area (Å²) in [5, 5.41) is 2.63. The summed E-state index contributed by atoms with van der Waals surface area (Å²) in [5.74, 6) is -4.96. The summed E-state index contributed by atoms with van der Waals surface area (Å²) < 4.78 is 29.9. The number of benzene rings is 1. The van der Waals surface area contributed by atoms with Crippen molar-refractivity contribution in [2.75, 3.05) is 6.54 Å². The highest BCUT2D eigenvalue weighted by atomic mass is 19.3. The molecule has 25 heavy (non-hydrogen) atoms. The first-order valence-electron chi connectivity index (χ1n) is 7.96. The lowest BCUT2D eigenvalue weighted by Gasteiger charge is -2.06. The Hall–Kier alpha value is -2.83. The van der Waals surface area contributed by atoms with Gasteiger partial charge in [-0.05, 0) is 5.56 Å². The van der Waals surface area contributed by atoms with Gasteiger partial charge in [0, 0.05) is 19.8 Å². The number of aromatic nitrogens is 3. The fourth-order valence-corrected chi connectivity index (χ4v) is 3.34. The third-order valence-corrected chi connectivity index (χ3v) is 4.71. The summed E-state index contributed by atoms with van der Waals surface area (Å²) in [6.45, 7) is -0.0837. The third-order valence-electron chi connectivity index (χ3n) is 4.71. The van der Waals surface area contributed by atoms with Gasteiger partial charge in [0.1, 0.15) is 5.52 Å². The Kier molecular flexibility index (Phi) is 3.52. The summed E-state index contributed by atoms with van der Waals surface area (Å²) in [4.78, 5) is 20.6. The molecule has 2 heterocycles. The van der Waals surface area contributed by atoms with Gasteiger partial charge in [-0.3, -0.25) is 9.78 Å². The molecule has 2 aromatic heterocycles. The van der Waals surface area contributed by atoms with E-state index in [1.54, 1.807) is 54.5 Å². The summed E-state index contributed by atoms with van der Waals surface area (Å²) in [6, 6.07) is 8.67. The van der Waals surface area contributed by atoms with Crippen LogP contribution in [0.4, 0.5) is 8.78 Å². The van der Waals surface area contributed by atoms with Gasteiger partial charge in [0.05, 0.1) is 35.4 Å². The number of nitrogens with one attached hydrogen (secondary N) is 1. The zero-order valence-electron chi connectivity index (χ0n) is 13.5. The summed E-state index contributed by atoms with van der Waals surface area (Å²) >= 11 is 0. The average Bonchev–Trinajstić information content (AvgIpc) is 2.95. The molecule has 0 bridgehead atoms. The van der Waals surface area contributed by atoms with Gasteiger partial charge in [0.15, 0.2) is 0 Å². The van der Waals surface area contributed by atoms with Crippen LogP contribution in [0.1, 0.15) is 21.8 Å². The maximum Gasteiger partial charge on any atom is 0.260 e. The molecule has 1 aliphatic rings. The van der Waals surface area contributed by atoms with Gasteiger partial charge >= 0.3 is 0 Å². The second-order valence-corrected chi connectivity index (χ2v) is 6.29. The van der Waals surface area contributed by atoms with E-state index in [2.05, 4.69) is 15.3 Å². The molecule has 1 saturated carbocycles. The monoisotopic (exact) mass is 342 g/mol. The molecular formula is C18H16F2N4O. The number of hydrogen-bond acceptors (Lipinski definition) is 3. The van der Waals surface area contributed by atoms with Crippen molar-refractivity contribution in [1.82, 2.24) is 19.9 Å². The van der Waals surface area contributed by atoms with Crippen molar-refractivity contribution in [3.63, 3.8) is 0 Å². The molecule has 7 heteroatoms. The number of fused-ring (bicyclic) bond motifs is 1. The fraction of sp³-hybridized carbons (Fsp3) is 0.278. The highest BCUT2D eigenvalue weighted by Gasteiger charge is 2.68. The van der Waals surface area contributed by atoms with Gasteiger partial charge in [0.25, 0.3) is 11.8 Å². The molecule has 1 aliphatic carbocycles. The number of halogens is 2. The topological polar surface area (TPSA) is 59.8 Å². The second-order valence-electron chi connectivity index (χ2n) is 6.29. The van der Waals surface area contributed by atoms with Crippen LogP contribution < -0.4 is 5.32 Å². The van der Waals surface area contributed by atoms with Crippen molar-refractivity contribution in [1.29, 1.82) is 0 Å². The van der Waals surface area contributed by atoms with Crippen LogP contribution >= 0.6 is 0 Å². The van der Waals surface area contributed by atoms with Crippen LogP contribution in [0.15, 0.2) is 49.1 Å². The molecule has 1 aromatic carbocycles. The number of alkyl halides is 2. The van der Waals surface area contributed by atoms with E-state index < -0.39 is 23.7 Å². The smallest absolute Gasteiger partial charge is 0.260 e. The molecule has 1 N–H and O–H groups in total. The molecule has 0 saturated heterocycles. The predicted molar refractivity (Wildman–Crippen MR) is 88.5 cm³/mol. The largest absolute Gasteiger partial charge is 0.351 e. The van der Waals surface area contributed by atoms with Crippen LogP contribution in [0.25, 0.3) is 11.0 Å². The minimum absolute atomic E-state index is 0.0837. The lowest BCUT2D eigenvalue weighted by Crippen LogP contribution is -2.27. The quantitative estimate of drug-likeness (QED) is 0.793. The summed E-state index contributed by atoms with van der Waals surface area (Å²) in [6.07, 6.45) is 4.58. The summed E-state index contributed by atoms with van der Waals surface area (Å²) in [5.41, 5.74) is 2.16. The number of imidazole rings is 1. The van der Waals surface area contributed by atoms with E-state index in [0.29, 0.717) is 22.2 Å². The Labute approximate surface area is 142 Å². The van der Waals surface area contributed by atoms with Gasteiger partial charge < -0.3 is 9.88 Å². The van der Waals surface area contributed by atoms with Crippen molar-refractivity contribution in [2.24, 2.45) is 13.0 Å². The molecule has 4 rings (SSSR count). The van der Waals surface area contributed by atoms with Crippen LogP contribution in [0.5, 0.6) is 0 Å². The summed E-state index contributed by atoms with van der Waals surface area (Å²) in [7, 11) is 1.77. The van der Waals surface area contributed by atoms with Crippen LogP contribution in [-0.2, 0) is 7.05 Å². The van der Waals surface area contributed by atoms with Crippen molar-refractivity contribution in [3.05, 3.63) is 60.2 Å². The Morgan fingerprint density at radius 2 is 2.04 bits per heavy atom. The number of rotatable bonds is 4. The number of carbonyl (C=O) groups excluding carboxylic acids is 1. The first-order valence-corrected chi connectivity index (χ1v) is 7.96. The molecule has 2 atom stereocenters. The molecule has 5 nitrogen and oxygen atoms in total. The van der Waals surface area contributed by atoms with E-state index in [1.165, 1.54) is 6.20 Å². The Balaban J connectivity index is 1.50. The normalized spacial score (nSPS) is 21.2. The molecule has 1 amide bonds. The minimum atomic E-state index is -2.80. The zero-order chi connectivity index (χ0) is 17.6. The average molecular weight is 342 g/mol. The van der Waals surface area contributed by atoms with E-state index in [0.717, 1.165) is 0 Å². The number of pyridine rings is 1. The van der Waals surface area contributed by atoms with Crippen LogP contribution in [0.3, 0.4) is 0 Å². The van der Waals surface area contributed by atoms with E-state index in [4.69, 9.17) is 0 Å². The van der Waals surface area contributed by atoms with Crippen LogP contribution in [-0.4, -0.2) is 32.9 Å². The van der Waals surface area contributed by atoms with Crippen molar-refractivity contribution >= 4 is 16.9 Å². The number of hydrogen-bond donors (Lipinski definition) is 1. The lowest BCUT2D eigenvalue weighted by molar-refractivity contribution is 0.0874. The number of nitrogens with zero attached hydrogens (tertiary/aromatic N) is 3. The Morgan fingerprint density at radius 1 is 1.28 bits per heavy atom. The first-order chi connectivity index (χ1) is 12.0. The standard InChI is InChI=1S/C18H16F2N4O/c1-24-10-23-14-9-21-7-12(16(14)24)17(25)22-8-13-15(18(13,19)20)11-5-3-2-4-6-11/h2-7,9-10,13,15H,8H2,1H3,(H,22,25)/t13-,15-/m1/s1. The molecule has 128 valence electrons. The SMILES string of the molecule is Cn1cnc2cncc(C(=O)NC[C@@H]3[C@@H](c4ccccc4)C3(F)F)c21. The van der Waals surface area contributed by atoms with Gasteiger partial charge in [-0.2, -0.15) is 0 Å². The lowest BCUT2D eigenvalue weighted by atomic mass is 10.1. The number of aryl methyl sites for hydroxylation is 1. The Morgan fingerprint density at radius 3 is 2.80 bits per heavy atom. The van der Waals surface area contributed by atoms with Gasteiger partial charge in [-0.15, -0.1) is 0 Å². The maximum atomic E-state index is 14.1. The minimum Gasteiger partial charge on any atom is -0.351 e. The number of amides is 1. The van der Waals surface area contributed by atoms with Crippen molar-refractivity contribution in [2.45, 2.75) is 11.8 Å². The highest BCUT2D eigenvalue weighted by molar-refractivity contribution is 6.04. The van der Waals surface area contributed by atoms with Crippen molar-refractivity contribution < 1.29 is 13.6 Å². The van der Waals surface area contributed by atoms with E-state index in [9.17, 15) is 13.6 Å². The first kappa shape index (κ1) is 15.7. The van der Waals surface area contributed by atoms with Gasteiger partial charge in [0.2, 0.25) is 0 Å². The van der Waals surface area contributed by atoms with Gasteiger partial charge in [-0.1, -0.05) is 30.3 Å². The molecule has 0 aliphatic heterocycles. The second kappa shape index (κ2) is 5.61. The molecule has 3 aromatic rings. The molecule has 0 spiro atoms. The van der Waals surface area contributed by atoms with Crippen LogP contribution in [0.2, 0.25) is 0 Å². The molecule has 0 unspecified atom stereocenters. The van der Waals surface area contributed by atoms with Crippen LogP contribution in [0, 0.1) is 5.92 Å². The molecular weight excluding hydrogens is 326 g/mol. The van der Waals surface area contributed by atoms with Gasteiger partial charge in [-0.25, -0.2) is 13.8 Å². The van der Waals surface area contributed by atoms with E-state index in [-0.39, 0.29) is 6.54 Å². The Bertz CT molecular complexity index is 939. The van der Waals surface area contributed by atoms with E-state index in [1.807, 2.05) is 0 Å². The van der Waals surface area contributed by atoms with E-state index >= 15 is 0 Å². The maximum absolute atomic E-state index is 14.1.